The number of hydrogen-bond donors (Lipinski definition) is 2. The van der Waals surface area contributed by atoms with E-state index >= 15 is 0 Å². The highest BCUT2D eigenvalue weighted by atomic mass is 32.1. The number of nitrogens with one attached hydrogen (secondary N) is 2. The summed E-state index contributed by atoms with van der Waals surface area (Å²) < 4.78 is 11.1. The van der Waals surface area contributed by atoms with Crippen LogP contribution in [0.5, 0.6) is 5.75 Å². The average Bonchev–Trinajstić information content (AvgIpc) is 3.26. The summed E-state index contributed by atoms with van der Waals surface area (Å²) in [4.78, 5) is 0. The minimum absolute atomic E-state index is 0.194. The van der Waals surface area contributed by atoms with Gasteiger partial charge in [-0.1, -0.05) is 25.5 Å². The highest BCUT2D eigenvalue weighted by molar-refractivity contribution is 7.80. The van der Waals surface area contributed by atoms with Gasteiger partial charge in [-0.2, -0.15) is 0 Å². The molecule has 0 spiro atoms. The van der Waals surface area contributed by atoms with Crippen LogP contribution in [0.15, 0.2) is 59.7 Å². The summed E-state index contributed by atoms with van der Waals surface area (Å²) in [6.07, 6.45) is 7.83. The summed E-state index contributed by atoms with van der Waals surface area (Å²) in [5.41, 5.74) is 0.728. The summed E-state index contributed by atoms with van der Waals surface area (Å²) in [5, 5.41) is 7.32. The molecule has 0 bridgehead atoms. The molecule has 126 valence electrons. The summed E-state index contributed by atoms with van der Waals surface area (Å²) in [6, 6.07) is 11.7. The van der Waals surface area contributed by atoms with Crippen LogP contribution in [0, 0.1) is 0 Å². The number of benzene rings is 1. The molecule has 0 saturated heterocycles. The Balaban J connectivity index is 1.63. The first-order chi connectivity index (χ1) is 11.7. The Kier molecular flexibility index (Phi) is 5.20. The lowest BCUT2D eigenvalue weighted by Crippen LogP contribution is -2.45. The molecule has 3 rings (SSSR count). The molecule has 1 saturated carbocycles. The highest BCUT2D eigenvalue weighted by Crippen LogP contribution is 2.39. The van der Waals surface area contributed by atoms with Crippen molar-refractivity contribution in [3.05, 3.63) is 61.1 Å². The smallest absolute Gasteiger partial charge is 0.171 e. The van der Waals surface area contributed by atoms with Crippen molar-refractivity contribution in [1.29, 1.82) is 0 Å². The SMILES string of the molecule is C=CCOc1ccc(NC(=S)NC2(c3ccco3)CCCC2)cc1. The van der Waals surface area contributed by atoms with Gasteiger partial charge in [0.25, 0.3) is 0 Å². The number of thiocarbonyl (C=S) groups is 1. The van der Waals surface area contributed by atoms with E-state index in [1.807, 2.05) is 36.4 Å². The normalized spacial score (nSPS) is 15.7. The van der Waals surface area contributed by atoms with E-state index in [0.29, 0.717) is 11.7 Å². The lowest BCUT2D eigenvalue weighted by atomic mass is 9.94. The standard InChI is InChI=1S/C19H22N2O2S/c1-2-13-22-16-9-7-15(8-10-16)20-18(24)21-19(11-3-4-12-19)17-6-5-14-23-17/h2,5-10,14H,1,3-4,11-13H2,(H2,20,21,24). The second kappa shape index (κ2) is 7.53. The fraction of sp³-hybridized carbons (Fsp3) is 0.316. The molecule has 0 atom stereocenters. The summed E-state index contributed by atoms with van der Waals surface area (Å²) in [6.45, 7) is 4.14. The van der Waals surface area contributed by atoms with Crippen molar-refractivity contribution >= 4 is 23.0 Å². The Hall–Kier alpha value is -2.27. The molecule has 1 aliphatic carbocycles. The molecule has 24 heavy (non-hydrogen) atoms. The Morgan fingerprint density at radius 2 is 2.00 bits per heavy atom. The summed E-state index contributed by atoms with van der Waals surface area (Å²) in [5.74, 6) is 1.76. The second-order valence-electron chi connectivity index (χ2n) is 5.97. The molecule has 1 aromatic carbocycles. The molecular formula is C19H22N2O2S. The van der Waals surface area contributed by atoms with Crippen LogP contribution in [0.2, 0.25) is 0 Å². The quantitative estimate of drug-likeness (QED) is 0.593. The summed E-state index contributed by atoms with van der Waals surface area (Å²) in [7, 11) is 0. The highest BCUT2D eigenvalue weighted by Gasteiger charge is 2.38. The van der Waals surface area contributed by atoms with E-state index in [1.165, 1.54) is 12.8 Å². The first-order valence-corrected chi connectivity index (χ1v) is 8.60. The maximum Gasteiger partial charge on any atom is 0.171 e. The fourth-order valence-corrected chi connectivity index (χ4v) is 3.44. The van der Waals surface area contributed by atoms with Crippen LogP contribution in [-0.2, 0) is 5.54 Å². The van der Waals surface area contributed by atoms with Crippen molar-refractivity contribution in [3.8, 4) is 5.75 Å². The Bertz CT molecular complexity index is 674. The van der Waals surface area contributed by atoms with Gasteiger partial charge < -0.3 is 19.8 Å². The van der Waals surface area contributed by atoms with Gasteiger partial charge in [0.15, 0.2) is 5.11 Å². The molecule has 1 aromatic heterocycles. The minimum Gasteiger partial charge on any atom is -0.490 e. The van der Waals surface area contributed by atoms with Crippen LogP contribution in [0.1, 0.15) is 31.4 Å². The Morgan fingerprint density at radius 1 is 1.25 bits per heavy atom. The molecule has 5 heteroatoms. The van der Waals surface area contributed by atoms with Crippen LogP contribution < -0.4 is 15.4 Å². The molecule has 2 aromatic rings. The van der Waals surface area contributed by atoms with Gasteiger partial charge in [0, 0.05) is 5.69 Å². The maximum absolute atomic E-state index is 5.65. The number of rotatable bonds is 6. The van der Waals surface area contributed by atoms with Gasteiger partial charge in [-0.15, -0.1) is 0 Å². The predicted molar refractivity (Wildman–Crippen MR) is 100 cm³/mol. The van der Waals surface area contributed by atoms with Crippen LogP contribution in [0.3, 0.4) is 0 Å². The van der Waals surface area contributed by atoms with E-state index in [1.54, 1.807) is 12.3 Å². The van der Waals surface area contributed by atoms with Gasteiger partial charge in [0.1, 0.15) is 18.1 Å². The third kappa shape index (κ3) is 3.79. The van der Waals surface area contributed by atoms with Crippen LogP contribution in [-0.4, -0.2) is 11.7 Å². The van der Waals surface area contributed by atoms with Crippen molar-refractivity contribution < 1.29 is 9.15 Å². The molecule has 0 amide bonds. The van der Waals surface area contributed by atoms with E-state index in [-0.39, 0.29) is 5.54 Å². The summed E-state index contributed by atoms with van der Waals surface area (Å²) >= 11 is 5.51. The number of anilines is 1. The Morgan fingerprint density at radius 3 is 2.62 bits per heavy atom. The minimum atomic E-state index is -0.194. The topological polar surface area (TPSA) is 46.4 Å². The van der Waals surface area contributed by atoms with E-state index in [4.69, 9.17) is 21.4 Å². The zero-order chi connectivity index (χ0) is 16.8. The average molecular weight is 342 g/mol. The Labute approximate surface area is 147 Å². The van der Waals surface area contributed by atoms with Gasteiger partial charge in [0.2, 0.25) is 0 Å². The zero-order valence-corrected chi connectivity index (χ0v) is 14.4. The monoisotopic (exact) mass is 342 g/mol. The molecule has 1 fully saturated rings. The molecule has 0 unspecified atom stereocenters. The van der Waals surface area contributed by atoms with Gasteiger partial charge >= 0.3 is 0 Å². The predicted octanol–water partition coefficient (Wildman–Crippen LogP) is 4.60. The van der Waals surface area contributed by atoms with Crippen LogP contribution in [0.4, 0.5) is 5.69 Å². The second-order valence-corrected chi connectivity index (χ2v) is 6.38. The third-order valence-corrected chi connectivity index (χ3v) is 4.49. The van der Waals surface area contributed by atoms with Gasteiger partial charge in [-0.25, -0.2) is 0 Å². The number of hydrogen-bond acceptors (Lipinski definition) is 3. The van der Waals surface area contributed by atoms with Crippen molar-refractivity contribution in [2.75, 3.05) is 11.9 Å². The lowest BCUT2D eigenvalue weighted by Gasteiger charge is -2.29. The van der Waals surface area contributed by atoms with Crippen molar-refractivity contribution in [2.45, 2.75) is 31.2 Å². The number of ether oxygens (including phenoxy) is 1. The molecule has 4 nitrogen and oxygen atoms in total. The van der Waals surface area contributed by atoms with Crippen molar-refractivity contribution in [3.63, 3.8) is 0 Å². The van der Waals surface area contributed by atoms with Gasteiger partial charge in [-0.3, -0.25) is 0 Å². The molecule has 1 heterocycles. The molecule has 0 radical (unpaired) electrons. The fourth-order valence-electron chi connectivity index (χ4n) is 3.13. The zero-order valence-electron chi connectivity index (χ0n) is 13.6. The first-order valence-electron chi connectivity index (χ1n) is 8.19. The first kappa shape index (κ1) is 16.6. The van der Waals surface area contributed by atoms with Crippen LogP contribution in [0.25, 0.3) is 0 Å². The lowest BCUT2D eigenvalue weighted by molar-refractivity contribution is 0.317. The third-order valence-electron chi connectivity index (χ3n) is 4.28. The van der Waals surface area contributed by atoms with E-state index in [9.17, 15) is 0 Å². The van der Waals surface area contributed by atoms with E-state index in [2.05, 4.69) is 17.2 Å². The number of furan rings is 1. The maximum atomic E-state index is 5.65. The molecule has 2 N–H and O–H groups in total. The molecular weight excluding hydrogens is 320 g/mol. The van der Waals surface area contributed by atoms with E-state index < -0.39 is 0 Å². The van der Waals surface area contributed by atoms with Crippen molar-refractivity contribution in [1.82, 2.24) is 5.32 Å². The van der Waals surface area contributed by atoms with Gasteiger partial charge in [0.05, 0.1) is 11.8 Å². The molecule has 1 aliphatic rings. The van der Waals surface area contributed by atoms with Crippen LogP contribution >= 0.6 is 12.2 Å². The van der Waals surface area contributed by atoms with Gasteiger partial charge in [-0.05, 0) is 61.5 Å². The van der Waals surface area contributed by atoms with Crippen molar-refractivity contribution in [2.24, 2.45) is 0 Å². The largest absolute Gasteiger partial charge is 0.490 e. The molecule has 0 aliphatic heterocycles. The van der Waals surface area contributed by atoms with E-state index in [0.717, 1.165) is 30.0 Å².